The van der Waals surface area contributed by atoms with E-state index in [4.69, 9.17) is 10.7 Å². The van der Waals surface area contributed by atoms with Gasteiger partial charge in [0.25, 0.3) is 15.0 Å². The lowest BCUT2D eigenvalue weighted by Gasteiger charge is -2.07. The minimum atomic E-state index is -4.04. The molecular weight excluding hydrogens is 337 g/mol. The summed E-state index contributed by atoms with van der Waals surface area (Å²) in [5.41, 5.74) is -0.366. The van der Waals surface area contributed by atoms with Gasteiger partial charge in [0.05, 0.1) is 10.5 Å². The van der Waals surface area contributed by atoms with Crippen molar-refractivity contribution in [1.29, 1.82) is 0 Å². The van der Waals surface area contributed by atoms with Gasteiger partial charge in [-0.2, -0.15) is 0 Å². The number of hydrogen-bond acceptors (Lipinski definition) is 3. The van der Waals surface area contributed by atoms with Crippen LogP contribution >= 0.6 is 26.6 Å². The molecule has 1 rings (SSSR count). The van der Waals surface area contributed by atoms with Crippen LogP contribution in [0.1, 0.15) is 17.3 Å². The van der Waals surface area contributed by atoms with E-state index in [1.165, 1.54) is 0 Å². The van der Waals surface area contributed by atoms with Gasteiger partial charge in [0.1, 0.15) is 5.82 Å². The highest BCUT2D eigenvalue weighted by atomic mass is 79.9. The monoisotopic (exact) mass is 343 g/mol. The first-order valence-corrected chi connectivity index (χ1v) is 7.59. The summed E-state index contributed by atoms with van der Waals surface area (Å²) in [6.07, 6.45) is 0. The summed E-state index contributed by atoms with van der Waals surface area (Å²) in [7, 11) is 1.12. The van der Waals surface area contributed by atoms with Crippen LogP contribution in [0.4, 0.5) is 4.39 Å². The SMILES string of the molecule is CCNC(=O)c1cc(S(=O)(=O)Cl)c(Br)cc1F. The fourth-order valence-corrected chi connectivity index (χ4v) is 3.31. The lowest BCUT2D eigenvalue weighted by molar-refractivity contribution is 0.0951. The molecule has 0 spiro atoms. The standard InChI is InChI=1S/C9H8BrClFNO3S/c1-2-13-9(14)5-3-8(17(11,15)16)6(10)4-7(5)12/h3-4H,2H2,1H3,(H,13,14). The molecule has 0 radical (unpaired) electrons. The number of nitrogens with one attached hydrogen (secondary N) is 1. The molecule has 0 unspecified atom stereocenters. The van der Waals surface area contributed by atoms with Crippen LogP contribution in [-0.2, 0) is 9.05 Å². The summed E-state index contributed by atoms with van der Waals surface area (Å²) in [6.45, 7) is 1.96. The molecular formula is C9H8BrClFNO3S. The van der Waals surface area contributed by atoms with E-state index in [0.717, 1.165) is 12.1 Å². The Morgan fingerprint density at radius 1 is 1.53 bits per heavy atom. The maximum absolute atomic E-state index is 13.5. The lowest BCUT2D eigenvalue weighted by Crippen LogP contribution is -2.24. The number of carbonyl (C=O) groups excluding carboxylic acids is 1. The molecule has 0 bridgehead atoms. The van der Waals surface area contributed by atoms with Crippen molar-refractivity contribution in [2.75, 3.05) is 6.54 Å². The number of hydrogen-bond donors (Lipinski definition) is 1. The predicted molar refractivity (Wildman–Crippen MR) is 65.1 cm³/mol. The van der Waals surface area contributed by atoms with Crippen LogP contribution in [-0.4, -0.2) is 20.9 Å². The fourth-order valence-electron chi connectivity index (χ4n) is 1.15. The van der Waals surface area contributed by atoms with Crippen LogP contribution in [0.2, 0.25) is 0 Å². The van der Waals surface area contributed by atoms with Crippen LogP contribution in [0.15, 0.2) is 21.5 Å². The Labute approximate surface area is 111 Å². The molecule has 0 aliphatic rings. The van der Waals surface area contributed by atoms with Crippen molar-refractivity contribution in [3.8, 4) is 0 Å². The number of carbonyl (C=O) groups is 1. The quantitative estimate of drug-likeness (QED) is 0.856. The van der Waals surface area contributed by atoms with E-state index in [0.29, 0.717) is 6.54 Å². The van der Waals surface area contributed by atoms with Gasteiger partial charge in [-0.15, -0.1) is 0 Å². The van der Waals surface area contributed by atoms with E-state index >= 15 is 0 Å². The molecule has 0 aliphatic heterocycles. The largest absolute Gasteiger partial charge is 0.352 e. The molecule has 0 aliphatic carbocycles. The Kier molecular flexibility index (Phi) is 4.51. The Hall–Kier alpha value is -0.660. The second kappa shape index (κ2) is 5.32. The zero-order valence-corrected chi connectivity index (χ0v) is 11.8. The van der Waals surface area contributed by atoms with Gasteiger partial charge in [0.15, 0.2) is 0 Å². The highest BCUT2D eigenvalue weighted by Crippen LogP contribution is 2.28. The maximum atomic E-state index is 13.5. The van der Waals surface area contributed by atoms with Crippen LogP contribution in [0.5, 0.6) is 0 Å². The average Bonchev–Trinajstić information content (AvgIpc) is 2.15. The van der Waals surface area contributed by atoms with Gasteiger partial charge in [-0.3, -0.25) is 4.79 Å². The zero-order chi connectivity index (χ0) is 13.2. The van der Waals surface area contributed by atoms with Crippen molar-refractivity contribution in [1.82, 2.24) is 5.32 Å². The molecule has 1 amide bonds. The molecule has 0 fully saturated rings. The van der Waals surface area contributed by atoms with Gasteiger partial charge in [0, 0.05) is 21.7 Å². The summed E-state index contributed by atoms with van der Waals surface area (Å²) in [4.78, 5) is 11.1. The summed E-state index contributed by atoms with van der Waals surface area (Å²) < 4.78 is 35.8. The number of halogens is 3. The van der Waals surface area contributed by atoms with E-state index in [-0.39, 0.29) is 14.9 Å². The molecule has 0 atom stereocenters. The first-order chi connectivity index (χ1) is 7.77. The Bertz CT molecular complexity index is 562. The molecule has 94 valence electrons. The molecule has 1 N–H and O–H groups in total. The van der Waals surface area contributed by atoms with Crippen molar-refractivity contribution < 1.29 is 17.6 Å². The molecule has 0 saturated carbocycles. The van der Waals surface area contributed by atoms with E-state index < -0.39 is 20.8 Å². The molecule has 0 heterocycles. The van der Waals surface area contributed by atoms with Crippen LogP contribution < -0.4 is 5.32 Å². The highest BCUT2D eigenvalue weighted by molar-refractivity contribution is 9.10. The first-order valence-electron chi connectivity index (χ1n) is 4.49. The van der Waals surface area contributed by atoms with Gasteiger partial charge >= 0.3 is 0 Å². The summed E-state index contributed by atoms with van der Waals surface area (Å²) in [5.74, 6) is -1.52. The average molecular weight is 345 g/mol. The van der Waals surface area contributed by atoms with Crippen molar-refractivity contribution in [3.05, 3.63) is 28.0 Å². The third-order valence-corrected chi connectivity index (χ3v) is 4.15. The normalized spacial score (nSPS) is 11.3. The van der Waals surface area contributed by atoms with E-state index in [2.05, 4.69) is 21.2 Å². The van der Waals surface area contributed by atoms with Crippen molar-refractivity contribution in [3.63, 3.8) is 0 Å². The second-order valence-electron chi connectivity index (χ2n) is 3.06. The minimum absolute atomic E-state index is 0.0296. The third-order valence-electron chi connectivity index (χ3n) is 1.87. The van der Waals surface area contributed by atoms with Crippen LogP contribution in [0.3, 0.4) is 0 Å². The van der Waals surface area contributed by atoms with Gasteiger partial charge in [-0.05, 0) is 35.0 Å². The van der Waals surface area contributed by atoms with Gasteiger partial charge in [0.2, 0.25) is 0 Å². The molecule has 8 heteroatoms. The Morgan fingerprint density at radius 3 is 2.59 bits per heavy atom. The first kappa shape index (κ1) is 14.4. The molecule has 0 aromatic heterocycles. The maximum Gasteiger partial charge on any atom is 0.262 e. The summed E-state index contributed by atoms with van der Waals surface area (Å²) >= 11 is 2.87. The zero-order valence-electron chi connectivity index (χ0n) is 8.63. The Morgan fingerprint density at radius 2 is 2.12 bits per heavy atom. The van der Waals surface area contributed by atoms with Crippen molar-refractivity contribution in [2.24, 2.45) is 0 Å². The Balaban J connectivity index is 3.39. The van der Waals surface area contributed by atoms with Gasteiger partial charge in [-0.1, -0.05) is 0 Å². The molecule has 17 heavy (non-hydrogen) atoms. The predicted octanol–water partition coefficient (Wildman–Crippen LogP) is 2.27. The smallest absolute Gasteiger partial charge is 0.262 e. The van der Waals surface area contributed by atoms with E-state index in [1.807, 2.05) is 0 Å². The molecule has 0 saturated heterocycles. The number of amides is 1. The molecule has 1 aromatic rings. The van der Waals surface area contributed by atoms with Crippen molar-refractivity contribution >= 4 is 41.6 Å². The molecule has 1 aromatic carbocycles. The fraction of sp³-hybridized carbons (Fsp3) is 0.222. The van der Waals surface area contributed by atoms with Crippen LogP contribution in [0.25, 0.3) is 0 Å². The number of benzene rings is 1. The molecule has 4 nitrogen and oxygen atoms in total. The van der Waals surface area contributed by atoms with Crippen LogP contribution in [0, 0.1) is 5.82 Å². The minimum Gasteiger partial charge on any atom is -0.352 e. The van der Waals surface area contributed by atoms with Crippen molar-refractivity contribution in [2.45, 2.75) is 11.8 Å². The van der Waals surface area contributed by atoms with E-state index in [1.54, 1.807) is 6.92 Å². The second-order valence-corrected chi connectivity index (χ2v) is 6.45. The van der Waals surface area contributed by atoms with Gasteiger partial charge < -0.3 is 5.32 Å². The number of rotatable bonds is 3. The topological polar surface area (TPSA) is 63.2 Å². The lowest BCUT2D eigenvalue weighted by atomic mass is 10.2. The summed E-state index contributed by atoms with van der Waals surface area (Å²) in [6, 6.07) is 1.78. The van der Waals surface area contributed by atoms with E-state index in [9.17, 15) is 17.6 Å². The van der Waals surface area contributed by atoms with Gasteiger partial charge in [-0.25, -0.2) is 12.8 Å². The third kappa shape index (κ3) is 3.40. The summed E-state index contributed by atoms with van der Waals surface area (Å²) in [5, 5.41) is 2.37. The highest BCUT2D eigenvalue weighted by Gasteiger charge is 2.20.